The van der Waals surface area contributed by atoms with Gasteiger partial charge in [-0.05, 0) is 37.1 Å². The van der Waals surface area contributed by atoms with Crippen molar-refractivity contribution < 1.29 is 4.74 Å². The molecular weight excluding hydrogens is 278 g/mol. The molecule has 0 aliphatic heterocycles. The molecule has 0 saturated carbocycles. The number of nitrogens with one attached hydrogen (secondary N) is 1. The minimum absolute atomic E-state index is 0.410. The molecule has 1 atom stereocenters. The minimum atomic E-state index is 0.410. The summed E-state index contributed by atoms with van der Waals surface area (Å²) in [6.45, 7) is 6.89. The third kappa shape index (κ3) is 6.20. The molecule has 0 spiro atoms. The van der Waals surface area contributed by atoms with Crippen LogP contribution < -0.4 is 5.32 Å². The fourth-order valence-corrected chi connectivity index (χ4v) is 2.02. The van der Waals surface area contributed by atoms with Crippen LogP contribution in [0.3, 0.4) is 0 Å². The van der Waals surface area contributed by atoms with Gasteiger partial charge in [0.2, 0.25) is 0 Å². The normalized spacial score (nSPS) is 12.6. The van der Waals surface area contributed by atoms with E-state index >= 15 is 0 Å². The first-order chi connectivity index (χ1) is 8.26. The molecule has 0 aliphatic carbocycles. The molecule has 17 heavy (non-hydrogen) atoms. The first-order valence-electron chi connectivity index (χ1n) is 6.31. The van der Waals surface area contributed by atoms with E-state index in [9.17, 15) is 0 Å². The second kappa shape index (κ2) is 8.67. The topological polar surface area (TPSA) is 21.3 Å². The minimum Gasteiger partial charge on any atom is -0.380 e. The third-order valence-corrected chi connectivity index (χ3v) is 3.08. The maximum Gasteiger partial charge on any atom is 0.0622 e. The lowest BCUT2D eigenvalue weighted by Gasteiger charge is -2.18. The van der Waals surface area contributed by atoms with Gasteiger partial charge in [0.25, 0.3) is 0 Å². The van der Waals surface area contributed by atoms with Crippen molar-refractivity contribution in [2.45, 2.75) is 32.7 Å². The molecule has 0 amide bonds. The summed E-state index contributed by atoms with van der Waals surface area (Å²) in [6, 6.07) is 8.91. The van der Waals surface area contributed by atoms with Crippen LogP contribution in [-0.2, 0) is 11.2 Å². The molecule has 3 heteroatoms. The van der Waals surface area contributed by atoms with Gasteiger partial charge in [0.15, 0.2) is 0 Å². The van der Waals surface area contributed by atoms with Crippen LogP contribution in [0.1, 0.15) is 25.8 Å². The average Bonchev–Trinajstić information content (AvgIpc) is 2.32. The zero-order valence-corrected chi connectivity index (χ0v) is 12.3. The summed E-state index contributed by atoms with van der Waals surface area (Å²) in [7, 11) is 0. The number of likely N-dealkylation sites (N-methyl/N-ethyl adjacent to an activating group) is 1. The summed E-state index contributed by atoms with van der Waals surface area (Å²) in [5.74, 6) is 0. The Balaban J connectivity index is 2.44. The lowest BCUT2D eigenvalue weighted by Crippen LogP contribution is -2.35. The van der Waals surface area contributed by atoms with Gasteiger partial charge >= 0.3 is 0 Å². The molecule has 0 saturated heterocycles. The second-order valence-corrected chi connectivity index (χ2v) is 5.08. The number of ether oxygens (including phenoxy) is 1. The molecule has 0 heterocycles. The van der Waals surface area contributed by atoms with Gasteiger partial charge in [0.1, 0.15) is 0 Å². The van der Waals surface area contributed by atoms with Crippen molar-refractivity contribution >= 4 is 15.9 Å². The van der Waals surface area contributed by atoms with Gasteiger partial charge in [0, 0.05) is 17.1 Å². The lowest BCUT2D eigenvalue weighted by atomic mass is 10.1. The smallest absolute Gasteiger partial charge is 0.0622 e. The lowest BCUT2D eigenvalue weighted by molar-refractivity contribution is 0.112. The monoisotopic (exact) mass is 299 g/mol. The van der Waals surface area contributed by atoms with Gasteiger partial charge in [-0.2, -0.15) is 0 Å². The van der Waals surface area contributed by atoms with Crippen LogP contribution in [0.5, 0.6) is 0 Å². The van der Waals surface area contributed by atoms with E-state index in [4.69, 9.17) is 4.74 Å². The van der Waals surface area contributed by atoms with Crippen LogP contribution in [0, 0.1) is 0 Å². The van der Waals surface area contributed by atoms with Crippen molar-refractivity contribution in [2.24, 2.45) is 0 Å². The molecule has 0 bridgehead atoms. The van der Waals surface area contributed by atoms with Gasteiger partial charge in [-0.15, -0.1) is 0 Å². The molecule has 1 aromatic carbocycles. The van der Waals surface area contributed by atoms with E-state index in [1.54, 1.807) is 0 Å². The number of halogens is 1. The van der Waals surface area contributed by atoms with E-state index in [0.29, 0.717) is 6.04 Å². The van der Waals surface area contributed by atoms with Gasteiger partial charge in [-0.3, -0.25) is 0 Å². The summed E-state index contributed by atoms with van der Waals surface area (Å²) < 4.78 is 6.75. The van der Waals surface area contributed by atoms with Crippen molar-refractivity contribution in [1.29, 1.82) is 0 Å². The zero-order chi connectivity index (χ0) is 12.5. The first kappa shape index (κ1) is 14.7. The fraction of sp³-hybridized carbons (Fsp3) is 0.571. The van der Waals surface area contributed by atoms with Gasteiger partial charge in [0.05, 0.1) is 6.61 Å². The molecule has 1 unspecified atom stereocenters. The second-order valence-electron chi connectivity index (χ2n) is 4.16. The largest absolute Gasteiger partial charge is 0.380 e. The third-order valence-electron chi connectivity index (χ3n) is 2.56. The van der Waals surface area contributed by atoms with Crippen molar-refractivity contribution in [3.63, 3.8) is 0 Å². The van der Waals surface area contributed by atoms with Crippen LogP contribution in [-0.4, -0.2) is 25.8 Å². The van der Waals surface area contributed by atoms with Crippen molar-refractivity contribution in [2.75, 3.05) is 19.8 Å². The molecular formula is C14H22BrNO. The summed E-state index contributed by atoms with van der Waals surface area (Å²) in [5.41, 5.74) is 1.35. The molecule has 1 aromatic rings. The predicted octanol–water partition coefficient (Wildman–Crippen LogP) is 3.40. The van der Waals surface area contributed by atoms with Crippen LogP contribution in [0.4, 0.5) is 0 Å². The Labute approximate surface area is 113 Å². The van der Waals surface area contributed by atoms with E-state index < -0.39 is 0 Å². The standard InChI is InChI=1S/C14H22BrNO/c1-3-9-17-11-14(16-4-2)10-12-5-7-13(15)8-6-12/h5-8,14,16H,3-4,9-11H2,1-2H3. The van der Waals surface area contributed by atoms with E-state index in [1.807, 2.05) is 0 Å². The first-order valence-corrected chi connectivity index (χ1v) is 7.11. The number of hydrogen-bond donors (Lipinski definition) is 1. The summed E-state index contributed by atoms with van der Waals surface area (Å²) in [6.07, 6.45) is 2.10. The van der Waals surface area contributed by atoms with Crippen LogP contribution in [0.15, 0.2) is 28.7 Å². The number of rotatable bonds is 8. The Kier molecular flexibility index (Phi) is 7.49. The Morgan fingerprint density at radius 3 is 2.53 bits per heavy atom. The Bertz CT molecular complexity index is 300. The molecule has 2 nitrogen and oxygen atoms in total. The van der Waals surface area contributed by atoms with Crippen LogP contribution >= 0.6 is 15.9 Å². The quantitative estimate of drug-likeness (QED) is 0.743. The summed E-state index contributed by atoms with van der Waals surface area (Å²) in [5, 5.41) is 3.47. The van der Waals surface area contributed by atoms with Crippen molar-refractivity contribution in [1.82, 2.24) is 5.32 Å². The number of benzene rings is 1. The predicted molar refractivity (Wildman–Crippen MR) is 76.4 cm³/mol. The van der Waals surface area contributed by atoms with Gasteiger partial charge in [-0.1, -0.05) is 41.9 Å². The van der Waals surface area contributed by atoms with Gasteiger partial charge in [-0.25, -0.2) is 0 Å². The maximum absolute atomic E-state index is 5.62. The van der Waals surface area contributed by atoms with Crippen LogP contribution in [0.2, 0.25) is 0 Å². The summed E-state index contributed by atoms with van der Waals surface area (Å²) in [4.78, 5) is 0. The molecule has 0 fully saturated rings. The van der Waals surface area contributed by atoms with Crippen molar-refractivity contribution in [3.8, 4) is 0 Å². The van der Waals surface area contributed by atoms with E-state index in [-0.39, 0.29) is 0 Å². The van der Waals surface area contributed by atoms with Crippen molar-refractivity contribution in [3.05, 3.63) is 34.3 Å². The molecule has 96 valence electrons. The molecule has 0 aliphatic rings. The zero-order valence-electron chi connectivity index (χ0n) is 10.7. The SMILES string of the molecule is CCCOCC(Cc1ccc(Br)cc1)NCC. The Hall–Kier alpha value is -0.380. The van der Waals surface area contributed by atoms with E-state index in [0.717, 1.165) is 37.1 Å². The molecule has 1 rings (SSSR count). The summed E-state index contributed by atoms with van der Waals surface area (Å²) >= 11 is 3.45. The highest BCUT2D eigenvalue weighted by molar-refractivity contribution is 9.10. The Morgan fingerprint density at radius 2 is 1.94 bits per heavy atom. The highest BCUT2D eigenvalue weighted by atomic mass is 79.9. The highest BCUT2D eigenvalue weighted by Crippen LogP contribution is 2.12. The fourth-order valence-electron chi connectivity index (χ4n) is 1.75. The van der Waals surface area contributed by atoms with E-state index in [2.05, 4.69) is 59.4 Å². The van der Waals surface area contributed by atoms with Crippen LogP contribution in [0.25, 0.3) is 0 Å². The molecule has 0 radical (unpaired) electrons. The molecule has 1 N–H and O–H groups in total. The molecule has 0 aromatic heterocycles. The Morgan fingerprint density at radius 1 is 1.24 bits per heavy atom. The highest BCUT2D eigenvalue weighted by Gasteiger charge is 2.08. The van der Waals surface area contributed by atoms with Gasteiger partial charge < -0.3 is 10.1 Å². The van der Waals surface area contributed by atoms with E-state index in [1.165, 1.54) is 5.56 Å². The maximum atomic E-state index is 5.62. The number of hydrogen-bond acceptors (Lipinski definition) is 2. The average molecular weight is 300 g/mol.